The minimum absolute atomic E-state index is 0.0851. The van der Waals surface area contributed by atoms with Crippen LogP contribution in [0, 0.1) is 17.8 Å². The predicted octanol–water partition coefficient (Wildman–Crippen LogP) is 7.09. The number of aliphatic hydroxyl groups is 2. The highest BCUT2D eigenvalue weighted by Gasteiger charge is 2.65. The molecule has 0 saturated heterocycles. The average molecular weight is 691 g/mol. The van der Waals surface area contributed by atoms with Gasteiger partial charge in [0.2, 0.25) is 5.79 Å². The fourth-order valence-electron chi connectivity index (χ4n) is 8.22. The summed E-state index contributed by atoms with van der Waals surface area (Å²) < 4.78 is 20.0. The molecule has 5 rings (SSSR count). The van der Waals surface area contributed by atoms with E-state index in [2.05, 4.69) is 12.7 Å². The number of phenols is 1. The third-order valence-electron chi connectivity index (χ3n) is 10.2. The zero-order valence-electron chi connectivity index (χ0n) is 29.5. The molecule has 0 aromatic heterocycles. The summed E-state index contributed by atoms with van der Waals surface area (Å²) in [6.45, 7) is 9.17. The molecule has 1 amide bonds. The largest absolute Gasteiger partial charge is 0.508 e. The highest BCUT2D eigenvalue weighted by Crippen LogP contribution is 2.61. The highest BCUT2D eigenvalue weighted by atomic mass is 16.7. The summed E-state index contributed by atoms with van der Waals surface area (Å²) in [5, 5.41) is 35.0. The second-order valence-electron chi connectivity index (χ2n) is 13.4. The Labute approximate surface area is 296 Å². The van der Waals surface area contributed by atoms with Crippen molar-refractivity contribution in [2.75, 3.05) is 33.0 Å². The van der Waals surface area contributed by atoms with Crippen molar-refractivity contribution in [2.24, 2.45) is 22.9 Å². The number of benzene rings is 2. The van der Waals surface area contributed by atoms with Gasteiger partial charge in [0, 0.05) is 37.7 Å². The van der Waals surface area contributed by atoms with Crippen molar-refractivity contribution in [1.82, 2.24) is 4.90 Å². The van der Waals surface area contributed by atoms with Gasteiger partial charge in [-0.15, -0.1) is 6.58 Å². The summed E-state index contributed by atoms with van der Waals surface area (Å²) in [4.78, 5) is 21.7. The molecule has 272 valence electrons. The van der Waals surface area contributed by atoms with Gasteiger partial charge in [-0.2, -0.15) is 0 Å². The van der Waals surface area contributed by atoms with Gasteiger partial charge in [0.15, 0.2) is 0 Å². The first kappa shape index (κ1) is 37.4. The molecule has 50 heavy (non-hydrogen) atoms. The van der Waals surface area contributed by atoms with Gasteiger partial charge >= 0.3 is 6.09 Å². The van der Waals surface area contributed by atoms with Crippen LogP contribution in [0.15, 0.2) is 78.0 Å². The van der Waals surface area contributed by atoms with Crippen molar-refractivity contribution < 1.29 is 39.2 Å². The van der Waals surface area contributed by atoms with E-state index in [1.54, 1.807) is 29.2 Å². The molecule has 0 bridgehead atoms. The summed E-state index contributed by atoms with van der Waals surface area (Å²) in [6, 6.07) is 14.2. The van der Waals surface area contributed by atoms with E-state index in [1.807, 2.05) is 44.2 Å². The monoisotopic (exact) mass is 690 g/mol. The van der Waals surface area contributed by atoms with Gasteiger partial charge in [-0.05, 0) is 80.2 Å². The lowest BCUT2D eigenvalue weighted by molar-refractivity contribution is -0.255. The number of fused-ring (bicyclic) bond motifs is 2. The SMILES string of the molecule is C=CCOC12Oc3ccc(O)cc3C3C(CCCCO)C(CCCCO)C=C(C(=NOCC)CC1N(CCC)C(=O)OCc1ccccc1)C32. The first-order valence-corrected chi connectivity index (χ1v) is 18.3. The van der Waals surface area contributed by atoms with Crippen molar-refractivity contribution in [2.45, 2.75) is 89.6 Å². The summed E-state index contributed by atoms with van der Waals surface area (Å²) in [5.74, 6) is -1.03. The lowest BCUT2D eigenvalue weighted by atomic mass is 9.55. The van der Waals surface area contributed by atoms with E-state index in [1.165, 1.54) is 0 Å². The van der Waals surface area contributed by atoms with Gasteiger partial charge < -0.3 is 34.4 Å². The number of carbonyl (C=O) groups is 1. The molecule has 1 saturated carbocycles. The molecular formula is C40H54N2O8. The molecule has 2 aliphatic carbocycles. The lowest BCUT2D eigenvalue weighted by Gasteiger charge is -2.59. The number of oxime groups is 1. The molecule has 2 aromatic rings. The number of allylic oxidation sites excluding steroid dienone is 1. The van der Waals surface area contributed by atoms with Crippen LogP contribution in [0.2, 0.25) is 0 Å². The molecule has 0 radical (unpaired) electrons. The van der Waals surface area contributed by atoms with Crippen LogP contribution in [0.3, 0.4) is 0 Å². The Hall–Kier alpha value is -3.86. The van der Waals surface area contributed by atoms with Crippen LogP contribution in [0.4, 0.5) is 4.79 Å². The number of rotatable bonds is 18. The number of hydrogen-bond donors (Lipinski definition) is 3. The minimum atomic E-state index is -1.36. The van der Waals surface area contributed by atoms with Gasteiger partial charge in [0.1, 0.15) is 30.8 Å². The second kappa shape index (κ2) is 17.9. The Bertz CT molecular complexity index is 1480. The summed E-state index contributed by atoms with van der Waals surface area (Å²) in [5.41, 5.74) is 3.45. The van der Waals surface area contributed by atoms with E-state index in [-0.39, 0.29) is 49.9 Å². The number of unbranched alkanes of at least 4 members (excludes halogenated alkanes) is 2. The smallest absolute Gasteiger partial charge is 0.410 e. The molecule has 2 aromatic carbocycles. The number of aliphatic hydroxyl groups excluding tert-OH is 2. The van der Waals surface area contributed by atoms with Gasteiger partial charge in [-0.25, -0.2) is 4.79 Å². The second-order valence-corrected chi connectivity index (χ2v) is 13.4. The van der Waals surface area contributed by atoms with Gasteiger partial charge in [0.25, 0.3) is 0 Å². The van der Waals surface area contributed by atoms with E-state index in [0.29, 0.717) is 44.6 Å². The van der Waals surface area contributed by atoms with E-state index in [9.17, 15) is 20.1 Å². The van der Waals surface area contributed by atoms with Crippen LogP contribution in [0.1, 0.15) is 82.3 Å². The fourth-order valence-corrected chi connectivity index (χ4v) is 8.22. The molecule has 3 aliphatic rings. The maximum Gasteiger partial charge on any atom is 0.410 e. The third kappa shape index (κ3) is 8.03. The number of aromatic hydroxyl groups is 1. The number of amides is 1. The van der Waals surface area contributed by atoms with Crippen LogP contribution < -0.4 is 4.74 Å². The number of phenolic OH excluding ortho intramolecular Hbond substituents is 1. The maximum absolute atomic E-state index is 14.2. The fraction of sp³-hybridized carbons (Fsp3) is 0.550. The van der Waals surface area contributed by atoms with Crippen molar-refractivity contribution in [1.29, 1.82) is 0 Å². The molecule has 0 spiro atoms. The van der Waals surface area contributed by atoms with Crippen LogP contribution >= 0.6 is 0 Å². The van der Waals surface area contributed by atoms with Crippen molar-refractivity contribution in [3.05, 3.63) is 84.0 Å². The zero-order valence-corrected chi connectivity index (χ0v) is 29.5. The Morgan fingerprint density at radius 2 is 1.84 bits per heavy atom. The maximum atomic E-state index is 14.2. The molecule has 10 nitrogen and oxygen atoms in total. The standard InChI is InChI=1S/C40H54N2O8/c1-4-20-42(39(46)47-27-28-14-8-7-9-15-28)36-26-34(41-49-6-3)32-24-29(16-10-12-21-43)31(17-11-13-22-44)37-33-25-30(45)18-19-35(33)50-40(36,38(32)37)48-23-5-2/h5,7-9,14-15,18-19,24-25,29,31,36-38,43-45H,2,4,6,10-13,16-17,20-23,26-27H2,1,3H3. The molecule has 3 N–H and O–H groups in total. The van der Waals surface area contributed by atoms with Crippen LogP contribution in [-0.4, -0.2) is 76.8 Å². The summed E-state index contributed by atoms with van der Waals surface area (Å²) in [7, 11) is 0. The number of nitrogens with zero attached hydrogens (tertiary/aromatic N) is 2. The highest BCUT2D eigenvalue weighted by molar-refractivity contribution is 6.02. The number of carbonyl (C=O) groups excluding carboxylic acids is 1. The molecule has 1 heterocycles. The van der Waals surface area contributed by atoms with Gasteiger partial charge in [-0.3, -0.25) is 4.90 Å². The van der Waals surface area contributed by atoms with Gasteiger partial charge in [0.05, 0.1) is 18.2 Å². The Morgan fingerprint density at radius 3 is 2.54 bits per heavy atom. The van der Waals surface area contributed by atoms with E-state index >= 15 is 0 Å². The third-order valence-corrected chi connectivity index (χ3v) is 10.2. The van der Waals surface area contributed by atoms with Crippen LogP contribution in [0.25, 0.3) is 0 Å². The van der Waals surface area contributed by atoms with E-state index in [0.717, 1.165) is 48.1 Å². The molecule has 1 fully saturated rings. The summed E-state index contributed by atoms with van der Waals surface area (Å²) in [6.07, 6.45) is 9.21. The number of hydrogen-bond acceptors (Lipinski definition) is 9. The summed E-state index contributed by atoms with van der Waals surface area (Å²) >= 11 is 0. The first-order chi connectivity index (χ1) is 24.4. The van der Waals surface area contributed by atoms with Gasteiger partial charge in [-0.1, -0.05) is 67.4 Å². The molecular weight excluding hydrogens is 636 g/mol. The predicted molar refractivity (Wildman–Crippen MR) is 192 cm³/mol. The van der Waals surface area contributed by atoms with Crippen molar-refractivity contribution in [3.63, 3.8) is 0 Å². The first-order valence-electron chi connectivity index (χ1n) is 18.3. The Balaban J connectivity index is 1.70. The molecule has 6 unspecified atom stereocenters. The van der Waals surface area contributed by atoms with Crippen LogP contribution in [0.5, 0.6) is 11.5 Å². The average Bonchev–Trinajstić information content (AvgIpc) is 3.13. The Kier molecular flexibility index (Phi) is 13.4. The quantitative estimate of drug-likeness (QED) is 0.0859. The Morgan fingerprint density at radius 1 is 1.08 bits per heavy atom. The molecule has 1 aliphatic heterocycles. The normalized spacial score (nSPS) is 25.9. The topological polar surface area (TPSA) is 130 Å². The van der Waals surface area contributed by atoms with E-state index < -0.39 is 23.8 Å². The molecule has 6 atom stereocenters. The van der Waals surface area contributed by atoms with Crippen molar-refractivity contribution in [3.8, 4) is 11.5 Å². The van der Waals surface area contributed by atoms with Crippen LogP contribution in [-0.2, 0) is 20.9 Å². The van der Waals surface area contributed by atoms with Crippen molar-refractivity contribution >= 4 is 11.8 Å². The number of ether oxygens (including phenoxy) is 3. The minimum Gasteiger partial charge on any atom is -0.508 e. The lowest BCUT2D eigenvalue weighted by Crippen LogP contribution is -2.70. The molecule has 10 heteroatoms. The zero-order chi connectivity index (χ0) is 35.5. The van der Waals surface area contributed by atoms with E-state index in [4.69, 9.17) is 24.2 Å².